The number of nitrogens with two attached hydrogens (primary N) is 1. The van der Waals surface area contributed by atoms with E-state index in [2.05, 4.69) is 16.9 Å². The number of pyridine rings is 1. The van der Waals surface area contributed by atoms with Gasteiger partial charge in [0.15, 0.2) is 0 Å². The Morgan fingerprint density at radius 1 is 1.40 bits per heavy atom. The van der Waals surface area contributed by atoms with Crippen molar-refractivity contribution < 1.29 is 4.74 Å². The van der Waals surface area contributed by atoms with Crippen LogP contribution in [0.2, 0.25) is 0 Å². The molecule has 1 aliphatic rings. The number of nitrogens with zero attached hydrogens (tertiary/aromatic N) is 2. The zero-order valence-corrected chi connectivity index (χ0v) is 9.02. The highest BCUT2D eigenvalue weighted by Gasteiger charge is 2.18. The molecular formula is C11H17N3O. The third kappa shape index (κ3) is 2.83. The van der Waals surface area contributed by atoms with E-state index in [4.69, 9.17) is 10.5 Å². The van der Waals surface area contributed by atoms with E-state index in [1.54, 1.807) is 6.07 Å². The number of ether oxygens (including phenoxy) is 1. The molecule has 0 bridgehead atoms. The highest BCUT2D eigenvalue weighted by Crippen LogP contribution is 2.17. The summed E-state index contributed by atoms with van der Waals surface area (Å²) in [5.41, 5.74) is 5.59. The molecule has 0 aromatic carbocycles. The van der Waals surface area contributed by atoms with Gasteiger partial charge in [0.25, 0.3) is 0 Å². The van der Waals surface area contributed by atoms with E-state index in [1.807, 2.05) is 12.1 Å². The molecule has 2 heterocycles. The normalized spacial score (nSPS) is 19.0. The Kier molecular flexibility index (Phi) is 3.06. The summed E-state index contributed by atoms with van der Waals surface area (Å²) in [6.45, 7) is 2.18. The average molecular weight is 207 g/mol. The molecule has 1 fully saturated rings. The summed E-state index contributed by atoms with van der Waals surface area (Å²) in [5.74, 6) is 1.16. The predicted molar refractivity (Wildman–Crippen MR) is 59.8 cm³/mol. The maximum absolute atomic E-state index is 5.77. The van der Waals surface area contributed by atoms with Crippen molar-refractivity contribution in [2.24, 2.45) is 0 Å². The highest BCUT2D eigenvalue weighted by atomic mass is 16.5. The van der Waals surface area contributed by atoms with Crippen LogP contribution in [-0.2, 0) is 0 Å². The average Bonchev–Trinajstić information content (AvgIpc) is 2.22. The second-order valence-corrected chi connectivity index (χ2v) is 4.02. The maximum Gasteiger partial charge on any atom is 0.215 e. The lowest BCUT2D eigenvalue weighted by atomic mass is 10.1. The molecular weight excluding hydrogens is 190 g/mol. The zero-order chi connectivity index (χ0) is 10.7. The molecule has 0 aliphatic carbocycles. The number of piperidine rings is 1. The molecule has 2 rings (SSSR count). The summed E-state index contributed by atoms with van der Waals surface area (Å²) in [6, 6.07) is 5.49. The summed E-state index contributed by atoms with van der Waals surface area (Å²) in [7, 11) is 2.13. The highest BCUT2D eigenvalue weighted by molar-refractivity contribution is 5.31. The number of nitrogen functional groups attached to an aromatic ring is 1. The summed E-state index contributed by atoms with van der Waals surface area (Å²) in [6.07, 6.45) is 2.41. The minimum atomic E-state index is 0.287. The lowest BCUT2D eigenvalue weighted by Gasteiger charge is -2.28. The van der Waals surface area contributed by atoms with Crippen LogP contribution in [0.4, 0.5) is 5.82 Å². The van der Waals surface area contributed by atoms with E-state index in [-0.39, 0.29) is 6.10 Å². The van der Waals surface area contributed by atoms with Crippen molar-refractivity contribution in [3.8, 4) is 5.88 Å². The summed E-state index contributed by atoms with van der Waals surface area (Å²) >= 11 is 0. The largest absolute Gasteiger partial charge is 0.474 e. The minimum absolute atomic E-state index is 0.287. The molecule has 0 atom stereocenters. The molecule has 0 radical (unpaired) electrons. The first-order valence-electron chi connectivity index (χ1n) is 5.32. The summed E-state index contributed by atoms with van der Waals surface area (Å²) < 4.78 is 5.77. The van der Waals surface area contributed by atoms with Crippen LogP contribution in [-0.4, -0.2) is 36.1 Å². The smallest absolute Gasteiger partial charge is 0.215 e. The van der Waals surface area contributed by atoms with Gasteiger partial charge in [-0.05, 0) is 26.0 Å². The quantitative estimate of drug-likeness (QED) is 0.790. The summed E-state index contributed by atoms with van der Waals surface area (Å²) in [5, 5.41) is 0. The second-order valence-electron chi connectivity index (χ2n) is 4.02. The van der Waals surface area contributed by atoms with E-state index in [0.717, 1.165) is 25.9 Å². The Morgan fingerprint density at radius 3 is 2.80 bits per heavy atom. The van der Waals surface area contributed by atoms with Gasteiger partial charge in [-0.25, -0.2) is 0 Å². The topological polar surface area (TPSA) is 51.4 Å². The van der Waals surface area contributed by atoms with Gasteiger partial charge in [0, 0.05) is 19.2 Å². The lowest BCUT2D eigenvalue weighted by Crippen LogP contribution is -2.35. The number of likely N-dealkylation sites (tertiary alicyclic amines) is 1. The van der Waals surface area contributed by atoms with Crippen molar-refractivity contribution >= 4 is 5.82 Å². The van der Waals surface area contributed by atoms with Gasteiger partial charge >= 0.3 is 0 Å². The van der Waals surface area contributed by atoms with Crippen LogP contribution in [0.3, 0.4) is 0 Å². The molecule has 0 unspecified atom stereocenters. The van der Waals surface area contributed by atoms with Gasteiger partial charge in [0.1, 0.15) is 11.9 Å². The van der Waals surface area contributed by atoms with Gasteiger partial charge < -0.3 is 15.4 Å². The molecule has 1 aromatic rings. The van der Waals surface area contributed by atoms with Crippen LogP contribution >= 0.6 is 0 Å². The molecule has 4 nitrogen and oxygen atoms in total. The molecule has 1 aliphatic heterocycles. The van der Waals surface area contributed by atoms with Crippen LogP contribution in [0.5, 0.6) is 5.88 Å². The van der Waals surface area contributed by atoms with Crippen LogP contribution < -0.4 is 10.5 Å². The van der Waals surface area contributed by atoms with Crippen molar-refractivity contribution in [3.05, 3.63) is 18.2 Å². The van der Waals surface area contributed by atoms with E-state index < -0.39 is 0 Å². The van der Waals surface area contributed by atoms with Crippen LogP contribution in [0, 0.1) is 0 Å². The van der Waals surface area contributed by atoms with E-state index in [0.29, 0.717) is 11.7 Å². The standard InChI is InChI=1S/C11H17N3O/c1-14-7-5-9(6-8-14)15-11-4-2-3-10(12)13-11/h2-4,9H,5-8H2,1H3,(H2,12,13). The Bertz CT molecular complexity index is 321. The van der Waals surface area contributed by atoms with E-state index in [1.165, 1.54) is 0 Å². The molecule has 1 aromatic heterocycles. The van der Waals surface area contributed by atoms with Crippen LogP contribution in [0.1, 0.15) is 12.8 Å². The Hall–Kier alpha value is -1.29. The third-order valence-corrected chi connectivity index (χ3v) is 2.70. The Balaban J connectivity index is 1.92. The van der Waals surface area contributed by atoms with Gasteiger partial charge in [0.2, 0.25) is 5.88 Å². The van der Waals surface area contributed by atoms with Gasteiger partial charge in [-0.15, -0.1) is 0 Å². The Morgan fingerprint density at radius 2 is 2.13 bits per heavy atom. The number of rotatable bonds is 2. The second kappa shape index (κ2) is 4.49. The molecule has 0 amide bonds. The Labute approximate surface area is 90.0 Å². The van der Waals surface area contributed by atoms with Crippen molar-refractivity contribution in [1.82, 2.24) is 9.88 Å². The first kappa shape index (κ1) is 10.2. The van der Waals surface area contributed by atoms with Crippen molar-refractivity contribution in [3.63, 3.8) is 0 Å². The minimum Gasteiger partial charge on any atom is -0.474 e. The molecule has 1 saturated heterocycles. The fourth-order valence-electron chi connectivity index (χ4n) is 1.77. The van der Waals surface area contributed by atoms with Crippen LogP contribution in [0.15, 0.2) is 18.2 Å². The van der Waals surface area contributed by atoms with Gasteiger partial charge in [-0.1, -0.05) is 6.07 Å². The van der Waals surface area contributed by atoms with Crippen molar-refractivity contribution in [2.75, 3.05) is 25.9 Å². The van der Waals surface area contributed by atoms with Gasteiger partial charge in [-0.3, -0.25) is 0 Å². The van der Waals surface area contributed by atoms with E-state index in [9.17, 15) is 0 Å². The third-order valence-electron chi connectivity index (χ3n) is 2.70. The fraction of sp³-hybridized carbons (Fsp3) is 0.545. The first-order chi connectivity index (χ1) is 7.24. The number of aromatic nitrogens is 1. The fourth-order valence-corrected chi connectivity index (χ4v) is 1.77. The van der Waals surface area contributed by atoms with Gasteiger partial charge in [0.05, 0.1) is 0 Å². The SMILES string of the molecule is CN1CCC(Oc2cccc(N)n2)CC1. The van der Waals surface area contributed by atoms with Crippen molar-refractivity contribution in [1.29, 1.82) is 0 Å². The molecule has 15 heavy (non-hydrogen) atoms. The van der Waals surface area contributed by atoms with E-state index >= 15 is 0 Å². The zero-order valence-electron chi connectivity index (χ0n) is 9.02. The van der Waals surface area contributed by atoms with Crippen molar-refractivity contribution in [2.45, 2.75) is 18.9 Å². The lowest BCUT2D eigenvalue weighted by molar-refractivity contribution is 0.110. The van der Waals surface area contributed by atoms with Crippen LogP contribution in [0.25, 0.3) is 0 Å². The first-order valence-corrected chi connectivity index (χ1v) is 5.32. The monoisotopic (exact) mass is 207 g/mol. The molecule has 4 heteroatoms. The molecule has 2 N–H and O–H groups in total. The summed E-state index contributed by atoms with van der Waals surface area (Å²) in [4.78, 5) is 6.44. The number of anilines is 1. The van der Waals surface area contributed by atoms with Gasteiger partial charge in [-0.2, -0.15) is 4.98 Å². The molecule has 0 spiro atoms. The molecule has 0 saturated carbocycles. The molecule has 82 valence electrons. The number of hydrogen-bond acceptors (Lipinski definition) is 4. The maximum atomic E-state index is 5.77. The number of hydrogen-bond donors (Lipinski definition) is 1. The predicted octanol–water partition coefficient (Wildman–Crippen LogP) is 1.14.